The van der Waals surface area contributed by atoms with Crippen LogP contribution < -0.4 is 10.1 Å². The van der Waals surface area contributed by atoms with E-state index < -0.39 is 6.43 Å². The number of alkyl halides is 2. The highest BCUT2D eigenvalue weighted by Gasteiger charge is 2.26. The third-order valence-electron chi connectivity index (χ3n) is 3.55. The summed E-state index contributed by atoms with van der Waals surface area (Å²) in [7, 11) is 1.53. The first kappa shape index (κ1) is 15.5. The molecule has 0 radical (unpaired) electrons. The molecular formula is C14H19ClF2N2O. The van der Waals surface area contributed by atoms with Crippen LogP contribution in [0.4, 0.5) is 8.78 Å². The molecule has 1 atom stereocenters. The lowest BCUT2D eigenvalue weighted by Gasteiger charge is -2.35. The summed E-state index contributed by atoms with van der Waals surface area (Å²) in [6.07, 6.45) is -2.51. The monoisotopic (exact) mass is 304 g/mol. The van der Waals surface area contributed by atoms with Gasteiger partial charge in [0.25, 0.3) is 0 Å². The normalized spacial score (nSPS) is 18.2. The Hall–Kier alpha value is -0.910. The Morgan fingerprint density at radius 2 is 2.05 bits per heavy atom. The fourth-order valence-electron chi connectivity index (χ4n) is 2.54. The summed E-state index contributed by atoms with van der Waals surface area (Å²) in [4.78, 5) is 2.09. The smallest absolute Gasteiger partial charge is 0.240 e. The Morgan fingerprint density at radius 1 is 1.35 bits per heavy atom. The fourth-order valence-corrected chi connectivity index (χ4v) is 2.74. The second-order valence-corrected chi connectivity index (χ2v) is 5.23. The fraction of sp³-hybridized carbons (Fsp3) is 0.571. The topological polar surface area (TPSA) is 24.5 Å². The average Bonchev–Trinajstić information content (AvgIpc) is 2.46. The van der Waals surface area contributed by atoms with Crippen molar-refractivity contribution in [2.24, 2.45) is 0 Å². The average molecular weight is 305 g/mol. The molecule has 1 aliphatic rings. The Labute approximate surface area is 122 Å². The molecule has 0 amide bonds. The minimum atomic E-state index is -2.34. The van der Waals surface area contributed by atoms with Gasteiger partial charge in [0.05, 0.1) is 12.1 Å². The van der Waals surface area contributed by atoms with Crippen molar-refractivity contribution in [3.63, 3.8) is 0 Å². The predicted molar refractivity (Wildman–Crippen MR) is 75.8 cm³/mol. The molecule has 0 spiro atoms. The second-order valence-electron chi connectivity index (χ2n) is 4.82. The van der Waals surface area contributed by atoms with E-state index in [2.05, 4.69) is 10.2 Å². The van der Waals surface area contributed by atoms with Gasteiger partial charge in [-0.25, -0.2) is 8.78 Å². The largest absolute Gasteiger partial charge is 0.495 e. The molecule has 0 aliphatic carbocycles. The molecule has 0 unspecified atom stereocenters. The van der Waals surface area contributed by atoms with Crippen molar-refractivity contribution in [3.8, 4) is 5.75 Å². The maximum Gasteiger partial charge on any atom is 0.240 e. The lowest BCUT2D eigenvalue weighted by atomic mass is 10.0. The number of ether oxygens (including phenoxy) is 1. The maximum absolute atomic E-state index is 12.9. The molecule has 1 aromatic carbocycles. The first-order valence-corrected chi connectivity index (χ1v) is 7.06. The van der Waals surface area contributed by atoms with E-state index in [-0.39, 0.29) is 12.5 Å². The van der Waals surface area contributed by atoms with Crippen molar-refractivity contribution in [1.82, 2.24) is 10.2 Å². The van der Waals surface area contributed by atoms with Gasteiger partial charge in [-0.3, -0.25) is 4.90 Å². The van der Waals surface area contributed by atoms with Crippen molar-refractivity contribution < 1.29 is 13.5 Å². The predicted octanol–water partition coefficient (Wildman–Crippen LogP) is 2.95. The van der Waals surface area contributed by atoms with Gasteiger partial charge in [0.2, 0.25) is 6.43 Å². The van der Waals surface area contributed by atoms with Crippen molar-refractivity contribution in [2.45, 2.75) is 18.9 Å². The van der Waals surface area contributed by atoms with Crippen molar-refractivity contribution in [1.29, 1.82) is 0 Å². The van der Waals surface area contributed by atoms with Crippen LogP contribution >= 0.6 is 11.6 Å². The number of piperazine rings is 1. The number of halogens is 3. The van der Waals surface area contributed by atoms with E-state index in [1.807, 2.05) is 0 Å². The number of nitrogens with one attached hydrogen (secondary N) is 1. The zero-order valence-electron chi connectivity index (χ0n) is 11.4. The molecule has 2 rings (SSSR count). The Kier molecular flexibility index (Phi) is 5.57. The number of rotatable bonds is 5. The van der Waals surface area contributed by atoms with Crippen molar-refractivity contribution in [2.75, 3.05) is 33.3 Å². The quantitative estimate of drug-likeness (QED) is 0.905. The Bertz CT molecular complexity index is 439. The van der Waals surface area contributed by atoms with Crippen LogP contribution in [0.1, 0.15) is 18.0 Å². The van der Waals surface area contributed by atoms with Crippen LogP contribution in [0.3, 0.4) is 0 Å². The van der Waals surface area contributed by atoms with E-state index in [0.29, 0.717) is 10.8 Å². The third kappa shape index (κ3) is 3.81. The van der Waals surface area contributed by atoms with Crippen LogP contribution in [-0.2, 0) is 0 Å². The van der Waals surface area contributed by atoms with Gasteiger partial charge in [0.15, 0.2) is 0 Å². The molecule has 0 bridgehead atoms. The Morgan fingerprint density at radius 3 is 2.65 bits per heavy atom. The molecule has 1 fully saturated rings. The van der Waals surface area contributed by atoms with E-state index in [0.717, 1.165) is 31.7 Å². The molecule has 0 saturated carbocycles. The van der Waals surface area contributed by atoms with E-state index in [1.165, 1.54) is 7.11 Å². The number of methoxy groups -OCH3 is 1. The third-order valence-corrected chi connectivity index (χ3v) is 3.87. The lowest BCUT2D eigenvalue weighted by molar-refractivity contribution is 0.0738. The van der Waals surface area contributed by atoms with Crippen LogP contribution in [0.2, 0.25) is 5.02 Å². The molecule has 1 heterocycles. The van der Waals surface area contributed by atoms with Crippen molar-refractivity contribution in [3.05, 3.63) is 28.8 Å². The minimum Gasteiger partial charge on any atom is -0.495 e. The van der Waals surface area contributed by atoms with Crippen LogP contribution in [0, 0.1) is 0 Å². The summed E-state index contributed by atoms with van der Waals surface area (Å²) in [6.45, 7) is 3.18. The summed E-state index contributed by atoms with van der Waals surface area (Å²) < 4.78 is 31.0. The number of nitrogens with zero attached hydrogens (tertiary/aromatic N) is 1. The molecule has 6 heteroatoms. The molecule has 0 aromatic heterocycles. The van der Waals surface area contributed by atoms with Gasteiger partial charge >= 0.3 is 0 Å². The number of hydrogen-bond acceptors (Lipinski definition) is 3. The maximum atomic E-state index is 12.9. The first-order chi connectivity index (χ1) is 9.61. The molecular weight excluding hydrogens is 286 g/mol. The number of benzene rings is 1. The highest BCUT2D eigenvalue weighted by atomic mass is 35.5. The first-order valence-electron chi connectivity index (χ1n) is 6.68. The minimum absolute atomic E-state index is 0.176. The SMILES string of the molecule is COc1cc([C@@H](CC(F)F)N2CCNCC2)ccc1Cl. The van der Waals surface area contributed by atoms with Gasteiger partial charge in [-0.1, -0.05) is 17.7 Å². The Balaban J connectivity index is 2.24. The van der Waals surface area contributed by atoms with Gasteiger partial charge in [0, 0.05) is 38.6 Å². The molecule has 1 aromatic rings. The zero-order chi connectivity index (χ0) is 14.5. The van der Waals surface area contributed by atoms with E-state index in [1.54, 1.807) is 18.2 Å². The standard InChI is InChI=1S/C14H19ClF2N2O/c1-20-13-8-10(2-3-11(13)15)12(9-14(16)17)19-6-4-18-5-7-19/h2-3,8,12,14,18H,4-7,9H2,1H3/t12-/m1/s1. The van der Waals surface area contributed by atoms with E-state index >= 15 is 0 Å². The number of hydrogen-bond donors (Lipinski definition) is 1. The molecule has 20 heavy (non-hydrogen) atoms. The lowest BCUT2D eigenvalue weighted by Crippen LogP contribution is -2.45. The van der Waals surface area contributed by atoms with Gasteiger partial charge < -0.3 is 10.1 Å². The van der Waals surface area contributed by atoms with Crippen LogP contribution in [-0.4, -0.2) is 44.6 Å². The highest BCUT2D eigenvalue weighted by Crippen LogP contribution is 2.33. The van der Waals surface area contributed by atoms with Gasteiger partial charge in [-0.15, -0.1) is 0 Å². The van der Waals surface area contributed by atoms with Crippen LogP contribution in [0.5, 0.6) is 5.75 Å². The van der Waals surface area contributed by atoms with Gasteiger partial charge in [-0.05, 0) is 17.7 Å². The van der Waals surface area contributed by atoms with Gasteiger partial charge in [-0.2, -0.15) is 0 Å². The van der Waals surface area contributed by atoms with Crippen LogP contribution in [0.15, 0.2) is 18.2 Å². The van der Waals surface area contributed by atoms with Crippen LogP contribution in [0.25, 0.3) is 0 Å². The molecule has 1 N–H and O–H groups in total. The second kappa shape index (κ2) is 7.20. The molecule has 112 valence electrons. The molecule has 3 nitrogen and oxygen atoms in total. The van der Waals surface area contributed by atoms with E-state index in [9.17, 15) is 8.78 Å². The zero-order valence-corrected chi connectivity index (χ0v) is 12.2. The van der Waals surface area contributed by atoms with Gasteiger partial charge in [0.1, 0.15) is 5.75 Å². The summed E-state index contributed by atoms with van der Waals surface area (Å²) in [5.74, 6) is 0.526. The highest BCUT2D eigenvalue weighted by molar-refractivity contribution is 6.32. The summed E-state index contributed by atoms with van der Waals surface area (Å²) in [6, 6.07) is 4.97. The molecule has 1 aliphatic heterocycles. The summed E-state index contributed by atoms with van der Waals surface area (Å²) in [5, 5.41) is 3.72. The van der Waals surface area contributed by atoms with Crippen molar-refractivity contribution >= 4 is 11.6 Å². The summed E-state index contributed by atoms with van der Waals surface area (Å²) >= 11 is 6.00. The van der Waals surface area contributed by atoms with E-state index in [4.69, 9.17) is 16.3 Å². The summed E-state index contributed by atoms with van der Waals surface area (Å²) in [5.41, 5.74) is 0.827. The molecule has 1 saturated heterocycles.